The number of benzene rings is 2. The summed E-state index contributed by atoms with van der Waals surface area (Å²) in [5.74, 6) is 0.373. The van der Waals surface area contributed by atoms with Crippen molar-refractivity contribution in [3.05, 3.63) is 75.3 Å². The summed E-state index contributed by atoms with van der Waals surface area (Å²) in [5.41, 5.74) is 5.20. The zero-order chi connectivity index (χ0) is 22.2. The summed E-state index contributed by atoms with van der Waals surface area (Å²) in [6, 6.07) is 11.9. The highest BCUT2D eigenvalue weighted by Gasteiger charge is 2.22. The molecule has 0 saturated heterocycles. The molecule has 4 aromatic rings. The van der Waals surface area contributed by atoms with E-state index in [1.807, 2.05) is 43.5 Å². The molecule has 0 spiro atoms. The predicted molar refractivity (Wildman–Crippen MR) is 124 cm³/mol. The molecule has 164 valence electrons. The number of aromatic nitrogens is 1. The van der Waals surface area contributed by atoms with Gasteiger partial charge in [0.05, 0.1) is 0 Å². The molecule has 2 heterocycles. The van der Waals surface area contributed by atoms with Gasteiger partial charge in [-0.05, 0) is 68.9 Å². The molecule has 32 heavy (non-hydrogen) atoms. The molecule has 2 aromatic heterocycles. The lowest BCUT2D eigenvalue weighted by Gasteiger charge is -2.17. The molecule has 1 aliphatic carbocycles. The number of carbonyl (C=O) groups is 1. The van der Waals surface area contributed by atoms with Crippen LogP contribution in [0.3, 0.4) is 0 Å². The lowest BCUT2D eigenvalue weighted by molar-refractivity contribution is -0.127. The van der Waals surface area contributed by atoms with Gasteiger partial charge in [0.25, 0.3) is 5.91 Å². The third-order valence-corrected chi connectivity index (χ3v) is 6.38. The first-order valence-corrected chi connectivity index (χ1v) is 11.1. The van der Waals surface area contributed by atoms with E-state index in [0.29, 0.717) is 17.9 Å². The van der Waals surface area contributed by atoms with Gasteiger partial charge in [0.1, 0.15) is 11.3 Å². The quantitative estimate of drug-likeness (QED) is 0.449. The Labute approximate surface area is 185 Å². The topological polar surface area (TPSA) is 84.3 Å². The van der Waals surface area contributed by atoms with E-state index in [1.54, 1.807) is 6.92 Å². The number of ether oxygens (including phenoxy) is 1. The standard InChI is InChI=1S/C26H26N2O4/c1-15-23(11-10-20-19-7-5-8-21(19)26(30)32-24(15)20)31-16(2)25(29)27-13-12-17-14-28-22-9-4-3-6-18(17)22/h3-4,6,9-11,14,16,28H,5,7-8,12-13H2,1-2H3,(H,27,29)/t16-/m1/s1. The molecule has 1 aliphatic rings. The van der Waals surface area contributed by atoms with Gasteiger partial charge in [-0.2, -0.15) is 0 Å². The smallest absolute Gasteiger partial charge is 0.339 e. The molecule has 5 rings (SSSR count). The third-order valence-electron chi connectivity index (χ3n) is 6.38. The van der Waals surface area contributed by atoms with Crippen LogP contribution in [0.4, 0.5) is 0 Å². The van der Waals surface area contributed by atoms with Crippen molar-refractivity contribution in [2.24, 2.45) is 0 Å². The van der Waals surface area contributed by atoms with Crippen molar-refractivity contribution in [1.82, 2.24) is 10.3 Å². The number of aromatic amines is 1. The Hall–Kier alpha value is -3.54. The Balaban J connectivity index is 1.26. The van der Waals surface area contributed by atoms with Crippen LogP contribution in [0.25, 0.3) is 21.9 Å². The van der Waals surface area contributed by atoms with Crippen LogP contribution in [0.2, 0.25) is 0 Å². The molecule has 2 aromatic carbocycles. The molecule has 6 nitrogen and oxygen atoms in total. The summed E-state index contributed by atoms with van der Waals surface area (Å²) in [4.78, 5) is 28.2. The van der Waals surface area contributed by atoms with E-state index in [2.05, 4.69) is 16.4 Å². The minimum Gasteiger partial charge on any atom is -0.480 e. The second kappa shape index (κ2) is 8.19. The number of carbonyl (C=O) groups excluding carboxylic acids is 1. The summed E-state index contributed by atoms with van der Waals surface area (Å²) in [7, 11) is 0. The Bertz CT molecular complexity index is 1380. The number of H-pyrrole nitrogens is 1. The lowest BCUT2D eigenvalue weighted by atomic mass is 10.0. The molecule has 6 heteroatoms. The fraction of sp³-hybridized carbons (Fsp3) is 0.308. The summed E-state index contributed by atoms with van der Waals surface area (Å²) in [6.45, 7) is 4.11. The number of para-hydroxylation sites is 1. The summed E-state index contributed by atoms with van der Waals surface area (Å²) in [5, 5.41) is 5.10. The molecular formula is C26H26N2O4. The average Bonchev–Trinajstić information content (AvgIpc) is 3.44. The van der Waals surface area contributed by atoms with Gasteiger partial charge in [-0.3, -0.25) is 4.79 Å². The highest BCUT2D eigenvalue weighted by molar-refractivity contribution is 5.87. The number of aryl methyl sites for hydroxylation is 2. The molecule has 0 saturated carbocycles. The maximum absolute atomic E-state index is 12.6. The first kappa shape index (κ1) is 20.4. The van der Waals surface area contributed by atoms with E-state index in [-0.39, 0.29) is 11.5 Å². The van der Waals surface area contributed by atoms with Gasteiger partial charge in [-0.1, -0.05) is 18.2 Å². The fourth-order valence-corrected chi connectivity index (χ4v) is 4.64. The SMILES string of the molecule is Cc1c(O[C@H](C)C(=O)NCCc2c[nH]c3ccccc23)ccc2c3c(c(=O)oc12)CCC3. The van der Waals surface area contributed by atoms with Crippen LogP contribution < -0.4 is 15.7 Å². The second-order valence-electron chi connectivity index (χ2n) is 8.43. The van der Waals surface area contributed by atoms with Crippen molar-refractivity contribution < 1.29 is 13.9 Å². The normalized spacial score (nSPS) is 13.9. The number of fused-ring (bicyclic) bond motifs is 4. The van der Waals surface area contributed by atoms with Crippen molar-refractivity contribution in [3.63, 3.8) is 0 Å². The highest BCUT2D eigenvalue weighted by Crippen LogP contribution is 2.33. The minimum atomic E-state index is -0.671. The molecular weight excluding hydrogens is 404 g/mol. The number of hydrogen-bond acceptors (Lipinski definition) is 4. The second-order valence-corrected chi connectivity index (χ2v) is 8.43. The van der Waals surface area contributed by atoms with Crippen molar-refractivity contribution in [2.75, 3.05) is 6.54 Å². The monoisotopic (exact) mass is 430 g/mol. The third kappa shape index (κ3) is 3.55. The van der Waals surface area contributed by atoms with Gasteiger partial charge in [0.15, 0.2) is 6.10 Å². The van der Waals surface area contributed by atoms with Crippen LogP contribution in [0.5, 0.6) is 5.75 Å². The molecule has 0 aliphatic heterocycles. The molecule has 0 bridgehead atoms. The van der Waals surface area contributed by atoms with Gasteiger partial charge in [0, 0.05) is 40.2 Å². The van der Waals surface area contributed by atoms with Crippen molar-refractivity contribution in [2.45, 2.75) is 45.6 Å². The highest BCUT2D eigenvalue weighted by atomic mass is 16.5. The van der Waals surface area contributed by atoms with E-state index < -0.39 is 6.10 Å². The van der Waals surface area contributed by atoms with Crippen molar-refractivity contribution in [1.29, 1.82) is 0 Å². The molecule has 0 fully saturated rings. The number of rotatable bonds is 6. The Kier molecular flexibility index (Phi) is 5.21. The Morgan fingerprint density at radius 2 is 1.97 bits per heavy atom. The predicted octanol–water partition coefficient (Wildman–Crippen LogP) is 4.20. The summed E-state index contributed by atoms with van der Waals surface area (Å²) >= 11 is 0. The maximum Gasteiger partial charge on any atom is 0.339 e. The van der Waals surface area contributed by atoms with Gasteiger partial charge in [0.2, 0.25) is 0 Å². The number of hydrogen-bond donors (Lipinski definition) is 2. The maximum atomic E-state index is 12.6. The van der Waals surface area contributed by atoms with Crippen LogP contribution in [-0.2, 0) is 24.1 Å². The van der Waals surface area contributed by atoms with Crippen LogP contribution in [-0.4, -0.2) is 23.5 Å². The van der Waals surface area contributed by atoms with Crippen LogP contribution >= 0.6 is 0 Å². The van der Waals surface area contributed by atoms with Crippen molar-refractivity contribution >= 4 is 27.8 Å². The Morgan fingerprint density at radius 3 is 2.84 bits per heavy atom. The van der Waals surface area contributed by atoms with Crippen LogP contribution in [0.15, 0.2) is 51.8 Å². The van der Waals surface area contributed by atoms with E-state index in [9.17, 15) is 9.59 Å². The molecule has 1 atom stereocenters. The van der Waals surface area contributed by atoms with E-state index in [0.717, 1.165) is 53.3 Å². The lowest BCUT2D eigenvalue weighted by Crippen LogP contribution is -2.37. The van der Waals surface area contributed by atoms with E-state index in [4.69, 9.17) is 9.15 Å². The average molecular weight is 431 g/mol. The fourth-order valence-electron chi connectivity index (χ4n) is 4.64. The first-order valence-electron chi connectivity index (χ1n) is 11.1. The van der Waals surface area contributed by atoms with Gasteiger partial charge in [-0.15, -0.1) is 0 Å². The van der Waals surface area contributed by atoms with Crippen molar-refractivity contribution in [3.8, 4) is 5.75 Å². The minimum absolute atomic E-state index is 0.181. The molecule has 0 radical (unpaired) electrons. The van der Waals surface area contributed by atoms with Gasteiger partial charge in [-0.25, -0.2) is 4.79 Å². The zero-order valence-corrected chi connectivity index (χ0v) is 18.3. The number of nitrogens with one attached hydrogen (secondary N) is 2. The number of amides is 1. The molecule has 2 N–H and O–H groups in total. The van der Waals surface area contributed by atoms with Crippen LogP contribution in [0.1, 0.15) is 35.6 Å². The Morgan fingerprint density at radius 1 is 1.16 bits per heavy atom. The van der Waals surface area contributed by atoms with Crippen LogP contribution in [0, 0.1) is 6.92 Å². The van der Waals surface area contributed by atoms with Gasteiger partial charge >= 0.3 is 5.63 Å². The van der Waals surface area contributed by atoms with E-state index >= 15 is 0 Å². The zero-order valence-electron chi connectivity index (χ0n) is 18.3. The largest absolute Gasteiger partial charge is 0.480 e. The van der Waals surface area contributed by atoms with E-state index in [1.165, 1.54) is 10.9 Å². The summed E-state index contributed by atoms with van der Waals surface area (Å²) < 4.78 is 11.6. The first-order chi connectivity index (χ1) is 15.5. The van der Waals surface area contributed by atoms with Gasteiger partial charge < -0.3 is 19.5 Å². The molecule has 0 unspecified atom stereocenters. The molecule has 1 amide bonds. The summed E-state index contributed by atoms with van der Waals surface area (Å²) in [6.07, 6.45) is 4.70.